The molecule has 0 spiro atoms. The summed E-state index contributed by atoms with van der Waals surface area (Å²) < 4.78 is 18.2. The second-order valence-corrected chi connectivity index (χ2v) is 8.96. The zero-order chi connectivity index (χ0) is 26.2. The molecule has 3 N–H and O–H groups in total. The second-order valence-electron chi connectivity index (χ2n) is 8.96. The Labute approximate surface area is 212 Å². The minimum atomic E-state index is -0.742. The van der Waals surface area contributed by atoms with Crippen molar-refractivity contribution in [3.8, 4) is 0 Å². The molecular weight excluding hydrogens is 466 g/mol. The lowest BCUT2D eigenvalue weighted by atomic mass is 10.1. The third kappa shape index (κ3) is 10.8. The number of nitrogens with one attached hydrogen (secondary N) is 1. The van der Waals surface area contributed by atoms with Gasteiger partial charge in [0.05, 0.1) is 12.9 Å². The van der Waals surface area contributed by atoms with Crippen LogP contribution in [-0.4, -0.2) is 50.8 Å². The fraction of sp³-hybridized carbons (Fsp3) is 0.720. The minimum absolute atomic E-state index is 0.00281. The van der Waals surface area contributed by atoms with Gasteiger partial charge in [-0.1, -0.05) is 65.2 Å². The van der Waals surface area contributed by atoms with Crippen LogP contribution < -0.4 is 11.3 Å². The van der Waals surface area contributed by atoms with E-state index in [0.29, 0.717) is 12.8 Å². The summed E-state index contributed by atoms with van der Waals surface area (Å²) in [4.78, 5) is 46.9. The largest absolute Gasteiger partial charge is 0.462 e. The van der Waals surface area contributed by atoms with Crippen LogP contribution in [0.5, 0.6) is 0 Å². The maximum atomic E-state index is 12.3. The number of nitrogen functional groups attached to an aromatic ring is 1. The summed E-state index contributed by atoms with van der Waals surface area (Å²) in [5.74, 6) is -0.682. The van der Waals surface area contributed by atoms with Crippen LogP contribution in [0.2, 0.25) is 0 Å². The number of unbranched alkanes of at least 4 members (excludes halogenated alkanes) is 8. The van der Waals surface area contributed by atoms with Gasteiger partial charge in [-0.2, -0.15) is 4.98 Å². The molecule has 0 aromatic carbocycles. The molecule has 36 heavy (non-hydrogen) atoms. The molecule has 2 heterocycles. The van der Waals surface area contributed by atoms with E-state index in [-0.39, 0.29) is 49.0 Å². The molecule has 0 radical (unpaired) electrons. The molecule has 0 aliphatic heterocycles. The Balaban J connectivity index is 1.86. The zero-order valence-electron chi connectivity index (χ0n) is 21.6. The van der Waals surface area contributed by atoms with E-state index in [4.69, 9.17) is 19.9 Å². The summed E-state index contributed by atoms with van der Waals surface area (Å²) in [6, 6.07) is 0. The molecule has 0 saturated carbocycles. The van der Waals surface area contributed by atoms with Crippen molar-refractivity contribution in [2.75, 3.05) is 18.9 Å². The smallest absolute Gasteiger partial charge is 0.306 e. The number of rotatable bonds is 19. The standard InChI is InChI=1S/C25H41N5O6/c1-3-5-7-9-11-13-20(31)35-16-19(36-21(32)14-12-10-8-6-4-2)15-34-18-30-17-27-22-23(30)28-25(26)29-24(22)33/h17,19H,3-16,18H2,1-2H3,(H3,26,28,29,33)/t19-/m0/s1. The number of hydrogen-bond acceptors (Lipinski definition) is 9. The number of ether oxygens (including phenoxy) is 3. The lowest BCUT2D eigenvalue weighted by molar-refractivity contribution is -0.163. The van der Waals surface area contributed by atoms with E-state index in [2.05, 4.69) is 28.8 Å². The zero-order valence-corrected chi connectivity index (χ0v) is 21.6. The number of nitrogens with two attached hydrogens (primary N) is 1. The molecule has 11 nitrogen and oxygen atoms in total. The van der Waals surface area contributed by atoms with E-state index in [1.165, 1.54) is 10.9 Å². The van der Waals surface area contributed by atoms with Crippen LogP contribution in [0, 0.1) is 0 Å². The molecule has 2 aromatic heterocycles. The molecular formula is C25H41N5O6. The fourth-order valence-electron chi connectivity index (χ4n) is 3.71. The van der Waals surface area contributed by atoms with E-state index in [1.54, 1.807) is 0 Å². The molecule has 11 heteroatoms. The van der Waals surface area contributed by atoms with Crippen molar-refractivity contribution in [2.24, 2.45) is 0 Å². The Bertz CT molecular complexity index is 989. The normalized spacial score (nSPS) is 12.1. The molecule has 0 bridgehead atoms. The summed E-state index contributed by atoms with van der Waals surface area (Å²) in [6.45, 7) is 4.21. The third-order valence-electron chi connectivity index (χ3n) is 5.72. The van der Waals surface area contributed by atoms with Crippen molar-refractivity contribution in [3.05, 3.63) is 16.7 Å². The van der Waals surface area contributed by atoms with Gasteiger partial charge in [-0.15, -0.1) is 0 Å². The molecule has 1 atom stereocenters. The van der Waals surface area contributed by atoms with Crippen LogP contribution in [0.25, 0.3) is 11.2 Å². The number of carbonyl (C=O) groups is 2. The quantitative estimate of drug-likeness (QED) is 0.213. The highest BCUT2D eigenvalue weighted by molar-refractivity contribution is 5.71. The molecule has 202 valence electrons. The van der Waals surface area contributed by atoms with Gasteiger partial charge in [0.1, 0.15) is 13.3 Å². The van der Waals surface area contributed by atoms with E-state index in [1.807, 2.05) is 0 Å². The molecule has 0 aliphatic carbocycles. The first-order valence-corrected chi connectivity index (χ1v) is 13.1. The van der Waals surface area contributed by atoms with Gasteiger partial charge in [0, 0.05) is 12.8 Å². The Morgan fingerprint density at radius 1 is 0.972 bits per heavy atom. The van der Waals surface area contributed by atoms with E-state index >= 15 is 0 Å². The van der Waals surface area contributed by atoms with Gasteiger partial charge in [0.25, 0.3) is 5.56 Å². The summed E-state index contributed by atoms with van der Waals surface area (Å²) >= 11 is 0. The van der Waals surface area contributed by atoms with Crippen molar-refractivity contribution in [1.82, 2.24) is 19.5 Å². The topological polar surface area (TPSA) is 151 Å². The number of H-pyrrole nitrogens is 1. The first-order valence-electron chi connectivity index (χ1n) is 13.1. The van der Waals surface area contributed by atoms with Gasteiger partial charge < -0.3 is 19.9 Å². The van der Waals surface area contributed by atoms with E-state index in [9.17, 15) is 14.4 Å². The number of carbonyl (C=O) groups excluding carboxylic acids is 2. The van der Waals surface area contributed by atoms with Gasteiger partial charge in [0.15, 0.2) is 17.3 Å². The lowest BCUT2D eigenvalue weighted by Crippen LogP contribution is -2.30. The molecule has 0 amide bonds. The van der Waals surface area contributed by atoms with E-state index < -0.39 is 11.7 Å². The van der Waals surface area contributed by atoms with Crippen LogP contribution in [0.3, 0.4) is 0 Å². The SMILES string of the molecule is CCCCCCCC(=O)OC[C@H](COCn1cnc2c(=O)[nH]c(N)nc21)OC(=O)CCCCCCC. The fourth-order valence-corrected chi connectivity index (χ4v) is 3.71. The lowest BCUT2D eigenvalue weighted by Gasteiger charge is -2.18. The predicted octanol–water partition coefficient (Wildman–Crippen LogP) is 3.85. The van der Waals surface area contributed by atoms with Gasteiger partial charge in [0.2, 0.25) is 5.95 Å². The second kappa shape index (κ2) is 16.7. The van der Waals surface area contributed by atoms with Crippen LogP contribution in [0.15, 0.2) is 11.1 Å². The number of hydrogen-bond donors (Lipinski definition) is 2. The van der Waals surface area contributed by atoms with Crippen LogP contribution in [-0.2, 0) is 30.5 Å². The van der Waals surface area contributed by atoms with Crippen LogP contribution in [0.1, 0.15) is 90.9 Å². The van der Waals surface area contributed by atoms with Crippen molar-refractivity contribution in [3.63, 3.8) is 0 Å². The van der Waals surface area contributed by atoms with Crippen molar-refractivity contribution >= 4 is 29.1 Å². The average molecular weight is 508 g/mol. The van der Waals surface area contributed by atoms with Gasteiger partial charge >= 0.3 is 11.9 Å². The highest BCUT2D eigenvalue weighted by Crippen LogP contribution is 2.10. The highest BCUT2D eigenvalue weighted by Gasteiger charge is 2.18. The summed E-state index contributed by atoms with van der Waals surface area (Å²) in [6.07, 6.45) is 11.6. The van der Waals surface area contributed by atoms with Gasteiger partial charge in [-0.25, -0.2) is 4.98 Å². The molecule has 2 aromatic rings. The van der Waals surface area contributed by atoms with Crippen molar-refractivity contribution < 1.29 is 23.8 Å². The van der Waals surface area contributed by atoms with Crippen molar-refractivity contribution in [2.45, 2.75) is 104 Å². The number of nitrogens with zero attached hydrogens (tertiary/aromatic N) is 3. The maximum Gasteiger partial charge on any atom is 0.306 e. The number of aromatic nitrogens is 4. The minimum Gasteiger partial charge on any atom is -0.462 e. The van der Waals surface area contributed by atoms with Crippen LogP contribution >= 0.6 is 0 Å². The molecule has 0 unspecified atom stereocenters. The third-order valence-corrected chi connectivity index (χ3v) is 5.72. The number of imidazole rings is 1. The van der Waals surface area contributed by atoms with Gasteiger partial charge in [-0.05, 0) is 12.8 Å². The predicted molar refractivity (Wildman–Crippen MR) is 136 cm³/mol. The number of anilines is 1. The first-order chi connectivity index (χ1) is 17.4. The molecule has 0 aliphatic rings. The Hall–Kier alpha value is -2.95. The Morgan fingerprint density at radius 3 is 2.28 bits per heavy atom. The van der Waals surface area contributed by atoms with Crippen molar-refractivity contribution in [1.29, 1.82) is 0 Å². The monoisotopic (exact) mass is 507 g/mol. The average Bonchev–Trinajstić information content (AvgIpc) is 3.25. The first kappa shape index (κ1) is 29.3. The summed E-state index contributed by atoms with van der Waals surface area (Å²) in [5.41, 5.74) is 5.61. The summed E-state index contributed by atoms with van der Waals surface area (Å²) in [7, 11) is 0. The number of esters is 2. The molecule has 2 rings (SSSR count). The highest BCUT2D eigenvalue weighted by atomic mass is 16.6. The Morgan fingerprint density at radius 2 is 1.61 bits per heavy atom. The number of aromatic amines is 1. The van der Waals surface area contributed by atoms with E-state index in [0.717, 1.165) is 64.2 Å². The molecule has 0 fully saturated rings. The maximum absolute atomic E-state index is 12.3. The van der Waals surface area contributed by atoms with Gasteiger partial charge in [-0.3, -0.25) is 23.9 Å². The molecule has 0 saturated heterocycles. The Kier molecular flexibility index (Phi) is 13.6. The van der Waals surface area contributed by atoms with Crippen LogP contribution in [0.4, 0.5) is 5.95 Å². The number of fused-ring (bicyclic) bond motifs is 1. The summed E-state index contributed by atoms with van der Waals surface area (Å²) in [5, 5.41) is 0.